The molecule has 1 aliphatic heterocycles. The first-order valence-corrected chi connectivity index (χ1v) is 8.41. The molecule has 0 amide bonds. The molecule has 0 spiro atoms. The van der Waals surface area contributed by atoms with Gasteiger partial charge in [0.2, 0.25) is 10.0 Å². The number of sulfonamides is 1. The van der Waals surface area contributed by atoms with E-state index >= 15 is 0 Å². The molecule has 114 valence electrons. The molecule has 1 atom stereocenters. The Morgan fingerprint density at radius 2 is 2.05 bits per heavy atom. The van der Waals surface area contributed by atoms with Crippen molar-refractivity contribution in [1.29, 1.82) is 0 Å². The van der Waals surface area contributed by atoms with E-state index in [1.165, 1.54) is 18.2 Å². The lowest BCUT2D eigenvalue weighted by molar-refractivity contribution is 0.539. The fourth-order valence-corrected chi connectivity index (χ4v) is 3.53. The van der Waals surface area contributed by atoms with Crippen molar-refractivity contribution in [2.45, 2.75) is 30.2 Å². The standard InChI is InChI=1S/C12H16Cl2N2O2S.ClH/c13-11-4-3-10(8-12(11)14)19(17,18)16-7-5-9-2-1-6-15-9;/h3-4,8-9,15-16H,1-2,5-7H2;1H/t9-;/m1./s1. The van der Waals surface area contributed by atoms with Gasteiger partial charge in [-0.2, -0.15) is 0 Å². The van der Waals surface area contributed by atoms with Crippen LogP contribution in [0.4, 0.5) is 0 Å². The molecule has 0 radical (unpaired) electrons. The highest BCUT2D eigenvalue weighted by Crippen LogP contribution is 2.24. The third kappa shape index (κ3) is 4.76. The van der Waals surface area contributed by atoms with Crippen molar-refractivity contribution < 1.29 is 8.42 Å². The van der Waals surface area contributed by atoms with Gasteiger partial charge in [0, 0.05) is 12.6 Å². The lowest BCUT2D eigenvalue weighted by Gasteiger charge is -2.11. The molecule has 4 nitrogen and oxygen atoms in total. The minimum Gasteiger partial charge on any atom is -0.314 e. The molecule has 0 bridgehead atoms. The summed E-state index contributed by atoms with van der Waals surface area (Å²) in [5, 5.41) is 3.91. The van der Waals surface area contributed by atoms with Crippen LogP contribution in [0.2, 0.25) is 10.0 Å². The average molecular weight is 360 g/mol. The molecule has 2 rings (SSSR count). The van der Waals surface area contributed by atoms with Gasteiger partial charge in [-0.05, 0) is 44.0 Å². The molecule has 1 fully saturated rings. The third-order valence-corrected chi connectivity index (χ3v) is 5.35. The summed E-state index contributed by atoms with van der Waals surface area (Å²) in [6.07, 6.45) is 3.05. The van der Waals surface area contributed by atoms with Gasteiger partial charge in [-0.3, -0.25) is 0 Å². The van der Waals surface area contributed by atoms with Crippen molar-refractivity contribution in [2.75, 3.05) is 13.1 Å². The molecular weight excluding hydrogens is 343 g/mol. The first-order valence-electron chi connectivity index (χ1n) is 6.17. The van der Waals surface area contributed by atoms with Crippen molar-refractivity contribution in [3.05, 3.63) is 28.2 Å². The quantitative estimate of drug-likeness (QED) is 0.850. The van der Waals surface area contributed by atoms with Gasteiger partial charge < -0.3 is 5.32 Å². The van der Waals surface area contributed by atoms with Crippen LogP contribution >= 0.6 is 35.6 Å². The molecule has 8 heteroatoms. The van der Waals surface area contributed by atoms with Crippen LogP contribution in [0.25, 0.3) is 0 Å². The monoisotopic (exact) mass is 358 g/mol. The van der Waals surface area contributed by atoms with Crippen molar-refractivity contribution in [3.8, 4) is 0 Å². The normalized spacial score (nSPS) is 18.8. The van der Waals surface area contributed by atoms with Crippen molar-refractivity contribution >= 4 is 45.6 Å². The summed E-state index contributed by atoms with van der Waals surface area (Å²) < 4.78 is 26.7. The Balaban J connectivity index is 0.00000200. The van der Waals surface area contributed by atoms with Crippen LogP contribution in [0.15, 0.2) is 23.1 Å². The number of hydrogen-bond donors (Lipinski definition) is 2. The summed E-state index contributed by atoms with van der Waals surface area (Å²) in [7, 11) is -3.51. The van der Waals surface area contributed by atoms with Crippen molar-refractivity contribution in [3.63, 3.8) is 0 Å². The van der Waals surface area contributed by atoms with E-state index in [9.17, 15) is 8.42 Å². The zero-order valence-electron chi connectivity index (χ0n) is 10.7. The SMILES string of the molecule is Cl.O=S(=O)(NCC[C@H]1CCCN1)c1ccc(Cl)c(Cl)c1. The predicted molar refractivity (Wildman–Crippen MR) is 84.5 cm³/mol. The third-order valence-electron chi connectivity index (χ3n) is 3.15. The second-order valence-corrected chi connectivity index (χ2v) is 7.14. The molecule has 2 N–H and O–H groups in total. The summed E-state index contributed by atoms with van der Waals surface area (Å²) in [6.45, 7) is 1.43. The van der Waals surface area contributed by atoms with Crippen LogP contribution in [0, 0.1) is 0 Å². The molecule has 1 heterocycles. The Kier molecular flexibility index (Phi) is 7.04. The second-order valence-electron chi connectivity index (χ2n) is 4.56. The number of hydrogen-bond acceptors (Lipinski definition) is 3. The second kappa shape index (κ2) is 7.82. The van der Waals surface area contributed by atoms with E-state index in [2.05, 4.69) is 10.0 Å². The van der Waals surface area contributed by atoms with Gasteiger partial charge in [-0.1, -0.05) is 23.2 Å². The van der Waals surface area contributed by atoms with Crippen LogP contribution in [0.1, 0.15) is 19.3 Å². The molecule has 0 aliphatic carbocycles. The van der Waals surface area contributed by atoms with Gasteiger partial charge in [0.05, 0.1) is 14.9 Å². The largest absolute Gasteiger partial charge is 0.314 e. The van der Waals surface area contributed by atoms with E-state index in [1.807, 2.05) is 0 Å². The zero-order chi connectivity index (χ0) is 13.9. The van der Waals surface area contributed by atoms with E-state index in [4.69, 9.17) is 23.2 Å². The van der Waals surface area contributed by atoms with Gasteiger partial charge in [0.15, 0.2) is 0 Å². The molecule has 0 unspecified atom stereocenters. The van der Waals surface area contributed by atoms with Crippen LogP contribution in [0.3, 0.4) is 0 Å². The van der Waals surface area contributed by atoms with Gasteiger partial charge in [0.1, 0.15) is 0 Å². The molecule has 20 heavy (non-hydrogen) atoms. The molecule has 1 aromatic rings. The number of nitrogens with one attached hydrogen (secondary N) is 2. The summed E-state index contributed by atoms with van der Waals surface area (Å²) in [5.74, 6) is 0. The fourth-order valence-electron chi connectivity index (χ4n) is 2.10. The first kappa shape index (κ1) is 18.0. The summed E-state index contributed by atoms with van der Waals surface area (Å²) in [5.41, 5.74) is 0. The highest BCUT2D eigenvalue weighted by atomic mass is 35.5. The summed E-state index contributed by atoms with van der Waals surface area (Å²) in [6, 6.07) is 4.71. The molecule has 0 saturated carbocycles. The predicted octanol–water partition coefficient (Wildman–Crippen LogP) is 2.84. The molecule has 0 aromatic heterocycles. The smallest absolute Gasteiger partial charge is 0.240 e. The maximum absolute atomic E-state index is 12.0. The highest BCUT2D eigenvalue weighted by Gasteiger charge is 2.17. The highest BCUT2D eigenvalue weighted by molar-refractivity contribution is 7.89. The lowest BCUT2D eigenvalue weighted by Crippen LogP contribution is -2.30. The van der Waals surface area contributed by atoms with E-state index in [-0.39, 0.29) is 22.3 Å². The minimum absolute atomic E-state index is 0. The van der Waals surface area contributed by atoms with E-state index in [0.717, 1.165) is 25.8 Å². The fraction of sp³-hybridized carbons (Fsp3) is 0.500. The van der Waals surface area contributed by atoms with Gasteiger partial charge >= 0.3 is 0 Å². The first-order chi connectivity index (χ1) is 8.99. The van der Waals surface area contributed by atoms with Crippen LogP contribution in [-0.4, -0.2) is 27.5 Å². The van der Waals surface area contributed by atoms with Crippen molar-refractivity contribution in [1.82, 2.24) is 10.0 Å². The summed E-state index contributed by atoms with van der Waals surface area (Å²) >= 11 is 11.6. The zero-order valence-corrected chi connectivity index (χ0v) is 13.9. The van der Waals surface area contributed by atoms with E-state index in [0.29, 0.717) is 17.6 Å². The Morgan fingerprint density at radius 1 is 1.30 bits per heavy atom. The summed E-state index contributed by atoms with van der Waals surface area (Å²) in [4.78, 5) is 0.140. The number of rotatable bonds is 5. The number of halogens is 3. The Hall–Kier alpha value is -0.0400. The van der Waals surface area contributed by atoms with Crippen LogP contribution < -0.4 is 10.0 Å². The Bertz CT molecular complexity index is 546. The maximum atomic E-state index is 12.0. The average Bonchev–Trinajstić information content (AvgIpc) is 2.85. The Morgan fingerprint density at radius 3 is 2.65 bits per heavy atom. The van der Waals surface area contributed by atoms with Gasteiger partial charge in [0.25, 0.3) is 0 Å². The molecular formula is C12H17Cl3N2O2S. The molecule has 1 saturated heterocycles. The van der Waals surface area contributed by atoms with Crippen molar-refractivity contribution in [2.24, 2.45) is 0 Å². The van der Waals surface area contributed by atoms with Crippen LogP contribution in [-0.2, 0) is 10.0 Å². The number of benzene rings is 1. The lowest BCUT2D eigenvalue weighted by atomic mass is 10.2. The molecule has 1 aliphatic rings. The van der Waals surface area contributed by atoms with E-state index in [1.54, 1.807) is 0 Å². The Labute approximate surface area is 135 Å². The van der Waals surface area contributed by atoms with E-state index < -0.39 is 10.0 Å². The van der Waals surface area contributed by atoms with Gasteiger partial charge in [-0.15, -0.1) is 12.4 Å². The minimum atomic E-state index is -3.51. The topological polar surface area (TPSA) is 58.2 Å². The maximum Gasteiger partial charge on any atom is 0.240 e. The molecule has 1 aromatic carbocycles. The van der Waals surface area contributed by atoms with Crippen LogP contribution in [0.5, 0.6) is 0 Å². The van der Waals surface area contributed by atoms with Gasteiger partial charge in [-0.25, -0.2) is 13.1 Å².